The molecule has 0 bridgehead atoms. The van der Waals surface area contributed by atoms with Gasteiger partial charge in [0.2, 0.25) is 0 Å². The van der Waals surface area contributed by atoms with E-state index in [-0.39, 0.29) is 25.2 Å². The summed E-state index contributed by atoms with van der Waals surface area (Å²) in [6, 6.07) is 25.0. The van der Waals surface area contributed by atoms with Crippen molar-refractivity contribution in [3.05, 3.63) is 124 Å². The molecule has 0 aliphatic rings. The molecule has 0 spiro atoms. The summed E-state index contributed by atoms with van der Waals surface area (Å²) in [5.41, 5.74) is 3.82. The van der Waals surface area contributed by atoms with Crippen molar-refractivity contribution in [2.75, 3.05) is 6.26 Å². The van der Waals surface area contributed by atoms with Crippen LogP contribution < -0.4 is 14.6 Å². The maximum atomic E-state index is 12.9. The van der Waals surface area contributed by atoms with Crippen LogP contribution in [-0.2, 0) is 35.2 Å². The van der Waals surface area contributed by atoms with Crippen LogP contribution in [0.4, 0.5) is 13.2 Å². The van der Waals surface area contributed by atoms with Gasteiger partial charge in [0, 0.05) is 55.7 Å². The van der Waals surface area contributed by atoms with Gasteiger partial charge in [-0.3, -0.25) is 19.6 Å². The number of terminal acetylenes is 1. The molecule has 0 atom stereocenters. The molecule has 69 heavy (non-hydrogen) atoms. The van der Waals surface area contributed by atoms with Crippen molar-refractivity contribution < 1.29 is 51.7 Å². The molecule has 8 rings (SSSR count). The summed E-state index contributed by atoms with van der Waals surface area (Å²) < 4.78 is 48.6. The van der Waals surface area contributed by atoms with E-state index in [1.165, 1.54) is 49.1 Å². The average molecular weight is 1100 g/mol. The molecule has 340 valence electrons. The minimum atomic E-state index is -4.56. The fourth-order valence-electron chi connectivity index (χ4n) is 5.78. The van der Waals surface area contributed by atoms with Crippen LogP contribution in [0.25, 0.3) is 70.2 Å². The molecule has 0 amide bonds. The SMILES string of the molecule is C#CC#CC#CC#Cc1ccsc1-c1cc(SC)nc(-c2cc(C(F)(F)F)n[n-]2)c1.Cc1ccc(-c2ccc(-c3ccnc(-c4cc(OC=O)cc(-c5cc(OC=O)ccn5)n4)c3)s2)s1.[N-]=C=S.[Ru+2]. The molecule has 0 aliphatic carbocycles. The van der Waals surface area contributed by atoms with Gasteiger partial charge in [-0.05, 0) is 132 Å². The molecular weight excluding hydrogens is 1070 g/mol. The number of hydrogen-bond acceptors (Lipinski definition) is 14. The van der Waals surface area contributed by atoms with E-state index in [4.69, 9.17) is 21.3 Å². The second kappa shape index (κ2) is 25.7. The van der Waals surface area contributed by atoms with E-state index in [0.717, 1.165) is 32.5 Å². The Morgan fingerprint density at radius 1 is 0.754 bits per heavy atom. The zero-order valence-corrected chi connectivity index (χ0v) is 41.2. The van der Waals surface area contributed by atoms with Crippen LogP contribution in [0, 0.1) is 54.8 Å². The Hall–Kier alpha value is -7.35. The Balaban J connectivity index is 0.000000243. The molecule has 0 N–H and O–H groups in total. The van der Waals surface area contributed by atoms with Crippen molar-refractivity contribution in [2.45, 2.75) is 18.1 Å². The predicted molar refractivity (Wildman–Crippen MR) is 264 cm³/mol. The van der Waals surface area contributed by atoms with Gasteiger partial charge in [-0.15, -0.1) is 52.2 Å². The molecule has 0 radical (unpaired) electrons. The van der Waals surface area contributed by atoms with Gasteiger partial charge in [0.05, 0.1) is 38.4 Å². The second-order valence-electron chi connectivity index (χ2n) is 12.9. The summed E-state index contributed by atoms with van der Waals surface area (Å²) in [6.07, 6.45) is 5.51. The average Bonchev–Trinajstić information content (AvgIpc) is 4.19. The first kappa shape index (κ1) is 52.6. The molecular formula is C49H26F3N7O4RuS5. The van der Waals surface area contributed by atoms with Gasteiger partial charge in [-0.1, -0.05) is 23.8 Å². The van der Waals surface area contributed by atoms with Gasteiger partial charge >= 0.3 is 25.7 Å². The van der Waals surface area contributed by atoms with E-state index < -0.39 is 11.9 Å². The number of aryl methyl sites for hydroxylation is 1. The molecule has 0 aromatic carbocycles. The van der Waals surface area contributed by atoms with Crippen LogP contribution in [0.3, 0.4) is 0 Å². The number of nitrogens with zero attached hydrogens (tertiary/aromatic N) is 7. The number of halogens is 3. The first-order valence-electron chi connectivity index (χ1n) is 19.0. The standard InChI is InChI=1S/C26H17N3O4S2.C22H9F3N3S2.CNS.Ru/c1-16-2-3-25(34-16)26-5-4-24(35-26)17-6-8-27-20(10-17)22-12-19(33-15-31)13-23(29-22)21-11-18(32-14-30)7-9-28-21;1-3-4-5-6-7-8-9-15-10-11-30-21(15)16-12-17(26-20(13-16)29-2)18-14-19(28-27-18)22(23,24)25;2-1-3;/h2-15H,1H3;1,10-14H,2H3;;/q;2*-1;+2. The van der Waals surface area contributed by atoms with Gasteiger partial charge in [-0.2, -0.15) is 18.3 Å². The minimum absolute atomic E-state index is 0. The number of carbonyl (C=O) groups is 2. The number of ether oxygens (including phenoxy) is 2. The van der Waals surface area contributed by atoms with Crippen LogP contribution in [0.5, 0.6) is 11.5 Å². The van der Waals surface area contributed by atoms with Crippen LogP contribution in [0.1, 0.15) is 16.1 Å². The number of thioether (sulfide) groups is 1. The second-order valence-corrected chi connectivity index (χ2v) is 17.2. The monoisotopic (exact) mass is 1090 g/mol. The molecule has 8 heterocycles. The zero-order valence-electron chi connectivity index (χ0n) is 35.3. The number of pyridine rings is 4. The summed E-state index contributed by atoms with van der Waals surface area (Å²) in [6.45, 7) is 2.79. The molecule has 0 aliphatic heterocycles. The first-order valence-corrected chi connectivity index (χ1v) is 23.1. The van der Waals surface area contributed by atoms with Crippen molar-refractivity contribution in [1.82, 2.24) is 30.1 Å². The van der Waals surface area contributed by atoms with E-state index in [1.807, 2.05) is 35.9 Å². The summed E-state index contributed by atoms with van der Waals surface area (Å²) in [7, 11) is 0. The van der Waals surface area contributed by atoms with Crippen molar-refractivity contribution in [1.29, 1.82) is 0 Å². The van der Waals surface area contributed by atoms with Crippen LogP contribution in [0.2, 0.25) is 0 Å². The van der Waals surface area contributed by atoms with E-state index in [1.54, 1.807) is 59.2 Å². The third kappa shape index (κ3) is 14.6. The predicted octanol–water partition coefficient (Wildman–Crippen LogP) is 11.3. The van der Waals surface area contributed by atoms with E-state index >= 15 is 0 Å². The summed E-state index contributed by atoms with van der Waals surface area (Å²) in [5.74, 6) is 18.4. The Morgan fingerprint density at radius 3 is 2.04 bits per heavy atom. The summed E-state index contributed by atoms with van der Waals surface area (Å²) in [5, 5.41) is 17.8. The van der Waals surface area contributed by atoms with Crippen molar-refractivity contribution in [3.8, 4) is 124 Å². The number of carbonyl (C=O) groups excluding carboxylic acids is 2. The van der Waals surface area contributed by atoms with Gasteiger partial charge in [0.1, 0.15) is 17.2 Å². The number of rotatable bonds is 11. The molecule has 8 aromatic rings. The fourth-order valence-corrected chi connectivity index (χ4v) is 9.01. The van der Waals surface area contributed by atoms with Crippen LogP contribution in [0.15, 0.2) is 108 Å². The summed E-state index contributed by atoms with van der Waals surface area (Å²) >= 11 is 10.0. The molecule has 0 saturated heterocycles. The number of thiophene rings is 3. The van der Waals surface area contributed by atoms with Crippen molar-refractivity contribution in [3.63, 3.8) is 0 Å². The van der Waals surface area contributed by atoms with E-state index in [0.29, 0.717) is 57.9 Å². The third-order valence-electron chi connectivity index (χ3n) is 8.61. The van der Waals surface area contributed by atoms with Gasteiger partial charge in [0.25, 0.3) is 12.9 Å². The Bertz CT molecular complexity index is 3390. The van der Waals surface area contributed by atoms with Gasteiger partial charge in [0.15, 0.2) is 0 Å². The van der Waals surface area contributed by atoms with E-state index in [9.17, 15) is 22.8 Å². The Morgan fingerprint density at radius 2 is 1.38 bits per heavy atom. The van der Waals surface area contributed by atoms with Crippen LogP contribution >= 0.6 is 58.0 Å². The zero-order chi connectivity index (χ0) is 48.5. The third-order valence-corrected chi connectivity index (χ3v) is 12.5. The maximum absolute atomic E-state index is 12.9. The van der Waals surface area contributed by atoms with Crippen molar-refractivity contribution >= 4 is 76.1 Å². The summed E-state index contributed by atoms with van der Waals surface area (Å²) in [4.78, 5) is 45.3. The minimum Gasteiger partial charge on any atom is -0.753 e. The first-order chi connectivity index (χ1) is 33.0. The molecule has 0 fully saturated rings. The number of alkyl halides is 3. The smallest absolute Gasteiger partial charge is 0.753 e. The molecule has 11 nitrogen and oxygen atoms in total. The number of thiocarbonyl (C=S) groups is 1. The van der Waals surface area contributed by atoms with Gasteiger partial charge < -0.3 is 25.1 Å². The molecule has 20 heteroatoms. The van der Waals surface area contributed by atoms with E-state index in [2.05, 4.69) is 115 Å². The largest absolute Gasteiger partial charge is 2.00 e. The quantitative estimate of drug-likeness (QED) is 0.0302. The maximum Gasteiger partial charge on any atom is 2.00 e. The van der Waals surface area contributed by atoms with Gasteiger partial charge in [-0.25, -0.2) is 9.97 Å². The van der Waals surface area contributed by atoms with Crippen LogP contribution in [-0.4, -0.2) is 49.4 Å². The molecule has 0 saturated carbocycles. The Kier molecular flexibility index (Phi) is 19.6. The molecule has 0 unspecified atom stereocenters. The fraction of sp³-hybridized carbons (Fsp3) is 0.0612. The number of aromatic nitrogens is 6. The Labute approximate surface area is 427 Å². The normalized spacial score (nSPS) is 9.86. The van der Waals surface area contributed by atoms with Crippen molar-refractivity contribution in [2.24, 2.45) is 0 Å². The molecule has 8 aromatic heterocycles. The number of hydrogen-bond donors (Lipinski definition) is 0. The number of isothiocyanates is 1. The topological polar surface area (TPSA) is 153 Å².